The Bertz CT molecular complexity index is 609. The molecule has 0 fully saturated rings. The van der Waals surface area contributed by atoms with Gasteiger partial charge in [-0.2, -0.15) is 0 Å². The lowest BCUT2D eigenvalue weighted by atomic mass is 10.1. The SMILES string of the molecule is CC[C@H](Oc1ccc2ccccc2c1)C(=O)N[C@@H](C)CC. The predicted molar refractivity (Wildman–Crippen MR) is 86.6 cm³/mol. The fraction of sp³-hybridized carbons (Fsp3) is 0.389. The van der Waals surface area contributed by atoms with Crippen molar-refractivity contribution in [3.05, 3.63) is 42.5 Å². The fourth-order valence-corrected chi connectivity index (χ4v) is 2.17. The van der Waals surface area contributed by atoms with Crippen LogP contribution in [0.25, 0.3) is 10.8 Å². The molecule has 2 aromatic carbocycles. The van der Waals surface area contributed by atoms with Gasteiger partial charge in [-0.25, -0.2) is 0 Å². The number of carbonyl (C=O) groups excluding carboxylic acids is 1. The first-order chi connectivity index (χ1) is 10.1. The standard InChI is InChI=1S/C18H23NO2/c1-4-13(3)19-18(20)17(5-2)21-16-11-10-14-8-6-7-9-15(14)12-16/h6-13,17H,4-5H2,1-3H3,(H,19,20)/t13-,17-/m0/s1. The Morgan fingerprint density at radius 2 is 1.81 bits per heavy atom. The number of nitrogens with one attached hydrogen (secondary N) is 1. The van der Waals surface area contributed by atoms with Crippen LogP contribution in [0, 0.1) is 0 Å². The van der Waals surface area contributed by atoms with Crippen LogP contribution >= 0.6 is 0 Å². The maximum Gasteiger partial charge on any atom is 0.261 e. The third-order valence-electron chi connectivity index (χ3n) is 3.66. The largest absolute Gasteiger partial charge is 0.481 e. The number of hydrogen-bond acceptors (Lipinski definition) is 2. The van der Waals surface area contributed by atoms with Crippen LogP contribution < -0.4 is 10.1 Å². The molecule has 0 unspecified atom stereocenters. The van der Waals surface area contributed by atoms with E-state index >= 15 is 0 Å². The third-order valence-corrected chi connectivity index (χ3v) is 3.66. The van der Waals surface area contributed by atoms with E-state index in [2.05, 4.69) is 18.3 Å². The predicted octanol–water partition coefficient (Wildman–Crippen LogP) is 3.91. The van der Waals surface area contributed by atoms with Gasteiger partial charge < -0.3 is 10.1 Å². The minimum atomic E-state index is -0.444. The highest BCUT2D eigenvalue weighted by Crippen LogP contribution is 2.22. The molecule has 0 aromatic heterocycles. The molecule has 2 aromatic rings. The summed E-state index contributed by atoms with van der Waals surface area (Å²) in [6, 6.07) is 14.2. The number of carbonyl (C=O) groups is 1. The van der Waals surface area contributed by atoms with Crippen molar-refractivity contribution >= 4 is 16.7 Å². The molecule has 21 heavy (non-hydrogen) atoms. The highest BCUT2D eigenvalue weighted by Gasteiger charge is 2.19. The van der Waals surface area contributed by atoms with Gasteiger partial charge >= 0.3 is 0 Å². The molecule has 0 heterocycles. The second-order valence-corrected chi connectivity index (χ2v) is 5.34. The van der Waals surface area contributed by atoms with Gasteiger partial charge in [0.1, 0.15) is 5.75 Å². The quantitative estimate of drug-likeness (QED) is 0.873. The summed E-state index contributed by atoms with van der Waals surface area (Å²) in [6.45, 7) is 6.01. The molecule has 2 atom stereocenters. The second kappa shape index (κ2) is 7.11. The molecule has 1 N–H and O–H groups in total. The summed E-state index contributed by atoms with van der Waals surface area (Å²) in [5, 5.41) is 5.26. The van der Waals surface area contributed by atoms with E-state index < -0.39 is 6.10 Å². The zero-order chi connectivity index (χ0) is 15.2. The lowest BCUT2D eigenvalue weighted by molar-refractivity contribution is -0.128. The molecule has 0 aliphatic carbocycles. The van der Waals surface area contributed by atoms with E-state index in [1.54, 1.807) is 0 Å². The van der Waals surface area contributed by atoms with Crippen LogP contribution in [0.5, 0.6) is 5.75 Å². The number of amides is 1. The third kappa shape index (κ3) is 3.97. The summed E-state index contributed by atoms with van der Waals surface area (Å²) in [5.74, 6) is 0.694. The van der Waals surface area contributed by atoms with Crippen molar-refractivity contribution in [2.75, 3.05) is 0 Å². The highest BCUT2D eigenvalue weighted by atomic mass is 16.5. The number of hydrogen-bond donors (Lipinski definition) is 1. The van der Waals surface area contributed by atoms with E-state index in [-0.39, 0.29) is 11.9 Å². The first-order valence-electron chi connectivity index (χ1n) is 7.59. The number of benzene rings is 2. The topological polar surface area (TPSA) is 38.3 Å². The molecule has 0 saturated heterocycles. The Morgan fingerprint density at radius 1 is 1.10 bits per heavy atom. The van der Waals surface area contributed by atoms with Gasteiger partial charge in [0.15, 0.2) is 6.10 Å². The molecular weight excluding hydrogens is 262 g/mol. The molecule has 0 aliphatic rings. The fourth-order valence-electron chi connectivity index (χ4n) is 2.17. The first kappa shape index (κ1) is 15.4. The summed E-state index contributed by atoms with van der Waals surface area (Å²) in [7, 11) is 0. The number of fused-ring (bicyclic) bond motifs is 1. The lowest BCUT2D eigenvalue weighted by Gasteiger charge is -2.20. The van der Waals surface area contributed by atoms with Crippen LogP contribution in [0.15, 0.2) is 42.5 Å². The van der Waals surface area contributed by atoms with Crippen molar-refractivity contribution in [2.45, 2.75) is 45.8 Å². The van der Waals surface area contributed by atoms with Crippen molar-refractivity contribution in [3.63, 3.8) is 0 Å². The maximum absolute atomic E-state index is 12.2. The second-order valence-electron chi connectivity index (χ2n) is 5.34. The maximum atomic E-state index is 12.2. The number of ether oxygens (including phenoxy) is 1. The molecule has 3 nitrogen and oxygen atoms in total. The summed E-state index contributed by atoms with van der Waals surface area (Å²) in [5.41, 5.74) is 0. The van der Waals surface area contributed by atoms with Gasteiger partial charge in [-0.3, -0.25) is 4.79 Å². The summed E-state index contributed by atoms with van der Waals surface area (Å²) >= 11 is 0. The summed E-state index contributed by atoms with van der Waals surface area (Å²) in [4.78, 5) is 12.2. The van der Waals surface area contributed by atoms with Crippen molar-refractivity contribution < 1.29 is 9.53 Å². The Hall–Kier alpha value is -2.03. The van der Waals surface area contributed by atoms with Crippen LogP contribution in [0.2, 0.25) is 0 Å². The average molecular weight is 285 g/mol. The van der Waals surface area contributed by atoms with E-state index in [4.69, 9.17) is 4.74 Å². The van der Waals surface area contributed by atoms with Gasteiger partial charge in [0.05, 0.1) is 0 Å². The molecule has 0 aliphatic heterocycles. The van der Waals surface area contributed by atoms with Crippen molar-refractivity contribution in [1.29, 1.82) is 0 Å². The average Bonchev–Trinajstić information content (AvgIpc) is 2.52. The van der Waals surface area contributed by atoms with Crippen LogP contribution in [-0.2, 0) is 4.79 Å². The first-order valence-corrected chi connectivity index (χ1v) is 7.59. The highest BCUT2D eigenvalue weighted by molar-refractivity contribution is 5.84. The minimum absolute atomic E-state index is 0.0417. The van der Waals surface area contributed by atoms with E-state index in [1.165, 1.54) is 5.39 Å². The Kier molecular flexibility index (Phi) is 5.20. The monoisotopic (exact) mass is 285 g/mol. The van der Waals surface area contributed by atoms with E-state index in [0.29, 0.717) is 6.42 Å². The Morgan fingerprint density at radius 3 is 2.48 bits per heavy atom. The van der Waals surface area contributed by atoms with Crippen LogP contribution in [0.4, 0.5) is 0 Å². The Balaban J connectivity index is 2.10. The van der Waals surface area contributed by atoms with Gasteiger partial charge in [-0.15, -0.1) is 0 Å². The number of rotatable bonds is 6. The molecule has 1 amide bonds. The molecule has 2 rings (SSSR count). The normalized spacial score (nSPS) is 13.7. The van der Waals surface area contributed by atoms with E-state index in [1.807, 2.05) is 50.2 Å². The zero-order valence-corrected chi connectivity index (χ0v) is 12.9. The Labute approximate surface area is 126 Å². The zero-order valence-electron chi connectivity index (χ0n) is 12.9. The summed E-state index contributed by atoms with van der Waals surface area (Å²) in [6.07, 6.45) is 1.12. The minimum Gasteiger partial charge on any atom is -0.481 e. The van der Waals surface area contributed by atoms with Crippen molar-refractivity contribution in [3.8, 4) is 5.75 Å². The molecule has 0 saturated carbocycles. The molecule has 112 valence electrons. The molecule has 0 bridgehead atoms. The van der Waals surface area contributed by atoms with Crippen LogP contribution in [-0.4, -0.2) is 18.1 Å². The van der Waals surface area contributed by atoms with Gasteiger partial charge in [0.25, 0.3) is 5.91 Å². The van der Waals surface area contributed by atoms with Crippen LogP contribution in [0.1, 0.15) is 33.6 Å². The van der Waals surface area contributed by atoms with Gasteiger partial charge in [0.2, 0.25) is 0 Å². The molecule has 0 spiro atoms. The molecular formula is C18H23NO2. The van der Waals surface area contributed by atoms with Gasteiger partial charge in [-0.1, -0.05) is 44.2 Å². The van der Waals surface area contributed by atoms with Crippen molar-refractivity contribution in [2.24, 2.45) is 0 Å². The smallest absolute Gasteiger partial charge is 0.261 e. The molecule has 3 heteroatoms. The van der Waals surface area contributed by atoms with E-state index in [9.17, 15) is 4.79 Å². The van der Waals surface area contributed by atoms with Gasteiger partial charge in [0, 0.05) is 6.04 Å². The van der Waals surface area contributed by atoms with Crippen LogP contribution in [0.3, 0.4) is 0 Å². The van der Waals surface area contributed by atoms with Gasteiger partial charge in [-0.05, 0) is 42.7 Å². The van der Waals surface area contributed by atoms with E-state index in [0.717, 1.165) is 17.6 Å². The van der Waals surface area contributed by atoms with Crippen molar-refractivity contribution in [1.82, 2.24) is 5.32 Å². The lowest BCUT2D eigenvalue weighted by Crippen LogP contribution is -2.42. The summed E-state index contributed by atoms with van der Waals surface area (Å²) < 4.78 is 5.87. The molecule has 0 radical (unpaired) electrons.